The standard InChI is InChI=1S/C17H14O2/c1-2-6-17(18)15-9-11-16(12-10-15)19-13-14-7-4-3-5-8-14/h3-5,7-12H,13H2,1H3. The summed E-state index contributed by atoms with van der Waals surface area (Å²) in [5, 5.41) is 0. The normalized spacial score (nSPS) is 9.32. The third-order valence-corrected chi connectivity index (χ3v) is 2.60. The van der Waals surface area contributed by atoms with Crippen molar-refractivity contribution in [2.24, 2.45) is 0 Å². The van der Waals surface area contributed by atoms with E-state index in [9.17, 15) is 4.79 Å². The maximum Gasteiger partial charge on any atom is 0.235 e. The molecule has 0 unspecified atom stereocenters. The van der Waals surface area contributed by atoms with E-state index in [-0.39, 0.29) is 5.78 Å². The summed E-state index contributed by atoms with van der Waals surface area (Å²) in [4.78, 5) is 11.5. The van der Waals surface area contributed by atoms with Gasteiger partial charge in [0.05, 0.1) is 0 Å². The molecule has 0 radical (unpaired) electrons. The number of benzene rings is 2. The highest BCUT2D eigenvalue weighted by Gasteiger charge is 2.02. The maximum atomic E-state index is 11.5. The second-order valence-electron chi connectivity index (χ2n) is 4.00. The molecule has 0 fully saturated rings. The monoisotopic (exact) mass is 250 g/mol. The molecule has 2 aromatic carbocycles. The molecule has 19 heavy (non-hydrogen) atoms. The minimum absolute atomic E-state index is 0.169. The Balaban J connectivity index is 1.99. The summed E-state index contributed by atoms with van der Waals surface area (Å²) in [6, 6.07) is 17.0. The van der Waals surface area contributed by atoms with E-state index >= 15 is 0 Å². The van der Waals surface area contributed by atoms with E-state index in [1.54, 1.807) is 31.2 Å². The van der Waals surface area contributed by atoms with Crippen molar-refractivity contribution < 1.29 is 9.53 Å². The van der Waals surface area contributed by atoms with Crippen molar-refractivity contribution in [1.82, 2.24) is 0 Å². The summed E-state index contributed by atoms with van der Waals surface area (Å²) < 4.78 is 5.64. The SMILES string of the molecule is CC#CC(=O)c1ccc(OCc2ccccc2)cc1. The Morgan fingerprint density at radius 3 is 2.37 bits per heavy atom. The zero-order valence-electron chi connectivity index (χ0n) is 10.7. The van der Waals surface area contributed by atoms with Crippen LogP contribution in [0.5, 0.6) is 5.75 Å². The smallest absolute Gasteiger partial charge is 0.235 e. The molecule has 0 aromatic heterocycles. The number of ether oxygens (including phenoxy) is 1. The van der Waals surface area contributed by atoms with E-state index in [2.05, 4.69) is 11.8 Å². The molecular formula is C17H14O2. The quantitative estimate of drug-likeness (QED) is 0.472. The van der Waals surface area contributed by atoms with Crippen molar-refractivity contribution in [3.05, 3.63) is 65.7 Å². The largest absolute Gasteiger partial charge is 0.489 e. The molecule has 0 N–H and O–H groups in total. The molecule has 2 aromatic rings. The molecule has 2 rings (SSSR count). The maximum absolute atomic E-state index is 11.5. The lowest BCUT2D eigenvalue weighted by atomic mass is 10.1. The predicted octanol–water partition coefficient (Wildman–Crippen LogP) is 3.47. The summed E-state index contributed by atoms with van der Waals surface area (Å²) >= 11 is 0. The van der Waals surface area contributed by atoms with Gasteiger partial charge in [-0.05, 0) is 42.7 Å². The van der Waals surface area contributed by atoms with Gasteiger partial charge in [-0.3, -0.25) is 4.79 Å². The van der Waals surface area contributed by atoms with Gasteiger partial charge < -0.3 is 4.74 Å². The van der Waals surface area contributed by atoms with Crippen LogP contribution in [0.25, 0.3) is 0 Å². The fourth-order valence-electron chi connectivity index (χ4n) is 1.63. The topological polar surface area (TPSA) is 26.3 Å². The molecule has 94 valence electrons. The molecule has 0 heterocycles. The Hall–Kier alpha value is -2.53. The lowest BCUT2D eigenvalue weighted by Crippen LogP contribution is -1.97. The molecule has 0 bridgehead atoms. The second-order valence-corrected chi connectivity index (χ2v) is 4.00. The molecule has 0 saturated carbocycles. The van der Waals surface area contributed by atoms with Crippen LogP contribution in [0.3, 0.4) is 0 Å². The van der Waals surface area contributed by atoms with E-state index in [1.807, 2.05) is 30.3 Å². The zero-order chi connectivity index (χ0) is 13.5. The number of carbonyl (C=O) groups excluding carboxylic acids is 1. The average molecular weight is 250 g/mol. The fraction of sp³-hybridized carbons (Fsp3) is 0.118. The minimum Gasteiger partial charge on any atom is -0.489 e. The van der Waals surface area contributed by atoms with Gasteiger partial charge in [-0.15, -0.1) is 0 Å². The minimum atomic E-state index is -0.169. The van der Waals surface area contributed by atoms with Crippen molar-refractivity contribution in [3.63, 3.8) is 0 Å². The summed E-state index contributed by atoms with van der Waals surface area (Å²) in [5.74, 6) is 5.68. The molecule has 2 heteroatoms. The number of ketones is 1. The van der Waals surface area contributed by atoms with E-state index in [4.69, 9.17) is 4.74 Å². The molecule has 2 nitrogen and oxygen atoms in total. The molecule has 0 spiro atoms. The molecule has 0 saturated heterocycles. The van der Waals surface area contributed by atoms with Gasteiger partial charge in [0.1, 0.15) is 12.4 Å². The van der Waals surface area contributed by atoms with Gasteiger partial charge in [-0.1, -0.05) is 36.3 Å². The van der Waals surface area contributed by atoms with Crippen molar-refractivity contribution >= 4 is 5.78 Å². The molecule has 0 aliphatic rings. The summed E-state index contributed by atoms with van der Waals surface area (Å²) in [6.45, 7) is 2.16. The fourth-order valence-corrected chi connectivity index (χ4v) is 1.63. The number of hydrogen-bond donors (Lipinski definition) is 0. The van der Waals surface area contributed by atoms with Crippen LogP contribution in [0.15, 0.2) is 54.6 Å². The Kier molecular flexibility index (Phi) is 4.36. The van der Waals surface area contributed by atoms with Crippen LogP contribution in [0, 0.1) is 11.8 Å². The van der Waals surface area contributed by atoms with Crippen LogP contribution >= 0.6 is 0 Å². The van der Waals surface area contributed by atoms with Gasteiger partial charge in [-0.25, -0.2) is 0 Å². The van der Waals surface area contributed by atoms with Crippen molar-refractivity contribution in [1.29, 1.82) is 0 Å². The van der Waals surface area contributed by atoms with Gasteiger partial charge in [-0.2, -0.15) is 0 Å². The summed E-state index contributed by atoms with van der Waals surface area (Å²) in [5.41, 5.74) is 1.70. The van der Waals surface area contributed by atoms with Crippen LogP contribution in [0.4, 0.5) is 0 Å². The number of Topliss-reactive ketones (excluding diaryl/α,β-unsaturated/α-hetero) is 1. The predicted molar refractivity (Wildman–Crippen MR) is 75.0 cm³/mol. The highest BCUT2D eigenvalue weighted by Crippen LogP contribution is 2.14. The van der Waals surface area contributed by atoms with Gasteiger partial charge in [0.25, 0.3) is 0 Å². The Morgan fingerprint density at radius 1 is 1.05 bits per heavy atom. The molecule has 0 amide bonds. The highest BCUT2D eigenvalue weighted by molar-refractivity contribution is 6.08. The van der Waals surface area contributed by atoms with Crippen LogP contribution in [0.2, 0.25) is 0 Å². The lowest BCUT2D eigenvalue weighted by molar-refractivity contribution is 0.105. The Bertz CT molecular complexity index is 601. The zero-order valence-corrected chi connectivity index (χ0v) is 10.7. The van der Waals surface area contributed by atoms with E-state index in [1.165, 1.54) is 0 Å². The molecule has 0 aliphatic heterocycles. The first-order chi connectivity index (χ1) is 9.29. The van der Waals surface area contributed by atoms with Gasteiger partial charge >= 0.3 is 0 Å². The summed E-state index contributed by atoms with van der Waals surface area (Å²) in [7, 11) is 0. The van der Waals surface area contributed by atoms with Crippen molar-refractivity contribution in [3.8, 4) is 17.6 Å². The lowest BCUT2D eigenvalue weighted by Gasteiger charge is -2.06. The molecular weight excluding hydrogens is 236 g/mol. The van der Waals surface area contributed by atoms with Gasteiger partial charge in [0, 0.05) is 5.56 Å². The average Bonchev–Trinajstić information content (AvgIpc) is 2.47. The Morgan fingerprint density at radius 2 is 1.74 bits per heavy atom. The molecule has 0 atom stereocenters. The number of hydrogen-bond acceptors (Lipinski definition) is 2. The van der Waals surface area contributed by atoms with E-state index in [0.717, 1.165) is 11.3 Å². The second kappa shape index (κ2) is 6.42. The van der Waals surface area contributed by atoms with Crippen LogP contribution in [-0.4, -0.2) is 5.78 Å². The highest BCUT2D eigenvalue weighted by atomic mass is 16.5. The Labute approximate surface area is 113 Å². The van der Waals surface area contributed by atoms with Crippen LogP contribution < -0.4 is 4.74 Å². The van der Waals surface area contributed by atoms with Crippen molar-refractivity contribution in [2.45, 2.75) is 13.5 Å². The summed E-state index contributed by atoms with van der Waals surface area (Å²) in [6.07, 6.45) is 0. The third-order valence-electron chi connectivity index (χ3n) is 2.60. The van der Waals surface area contributed by atoms with E-state index in [0.29, 0.717) is 12.2 Å². The van der Waals surface area contributed by atoms with Gasteiger partial charge in [0.15, 0.2) is 0 Å². The van der Waals surface area contributed by atoms with Gasteiger partial charge in [0.2, 0.25) is 5.78 Å². The van der Waals surface area contributed by atoms with E-state index < -0.39 is 0 Å². The first-order valence-corrected chi connectivity index (χ1v) is 6.03. The first-order valence-electron chi connectivity index (χ1n) is 6.03. The van der Waals surface area contributed by atoms with Crippen LogP contribution in [0.1, 0.15) is 22.8 Å². The van der Waals surface area contributed by atoms with Crippen molar-refractivity contribution in [2.75, 3.05) is 0 Å². The molecule has 0 aliphatic carbocycles. The van der Waals surface area contributed by atoms with Crippen LogP contribution in [-0.2, 0) is 6.61 Å². The first kappa shape index (κ1) is 12.9. The number of carbonyl (C=O) groups is 1. The third kappa shape index (κ3) is 3.72. The number of rotatable bonds is 4.